The second kappa shape index (κ2) is 8.09. The van der Waals surface area contributed by atoms with Crippen molar-refractivity contribution in [1.29, 1.82) is 0 Å². The maximum atomic E-state index is 5.94. The van der Waals surface area contributed by atoms with Crippen molar-refractivity contribution < 1.29 is 0 Å². The van der Waals surface area contributed by atoms with Crippen molar-refractivity contribution >= 4 is 5.82 Å². The van der Waals surface area contributed by atoms with E-state index in [1.54, 1.807) is 0 Å². The van der Waals surface area contributed by atoms with E-state index in [1.807, 2.05) is 19.2 Å². The summed E-state index contributed by atoms with van der Waals surface area (Å²) in [5, 5.41) is 0. The Bertz CT molecular complexity index is 328. The Labute approximate surface area is 111 Å². The minimum atomic E-state index is 0.0750. The Morgan fingerprint density at radius 3 is 2.33 bits per heavy atom. The lowest BCUT2D eigenvalue weighted by Gasteiger charge is -2.24. The molecule has 0 aliphatic carbocycles. The number of anilines is 1. The summed E-state index contributed by atoms with van der Waals surface area (Å²) in [7, 11) is 0. The van der Waals surface area contributed by atoms with E-state index in [-0.39, 0.29) is 6.04 Å². The molecule has 1 rings (SSSR count). The van der Waals surface area contributed by atoms with Gasteiger partial charge < -0.3 is 10.6 Å². The van der Waals surface area contributed by atoms with E-state index in [2.05, 4.69) is 29.8 Å². The molecule has 0 radical (unpaired) electrons. The van der Waals surface area contributed by atoms with Gasteiger partial charge in [-0.05, 0) is 37.5 Å². The van der Waals surface area contributed by atoms with Gasteiger partial charge in [-0.1, -0.05) is 26.7 Å². The van der Waals surface area contributed by atoms with Crippen LogP contribution < -0.4 is 10.6 Å². The van der Waals surface area contributed by atoms with Crippen molar-refractivity contribution in [3.05, 3.63) is 23.9 Å². The zero-order chi connectivity index (χ0) is 13.4. The maximum Gasteiger partial charge on any atom is 0.128 e. The van der Waals surface area contributed by atoms with Crippen molar-refractivity contribution in [3.8, 4) is 0 Å². The first-order chi connectivity index (χ1) is 8.69. The molecule has 1 aromatic heterocycles. The van der Waals surface area contributed by atoms with Gasteiger partial charge in [0.25, 0.3) is 0 Å². The molecule has 0 fully saturated rings. The van der Waals surface area contributed by atoms with Crippen LogP contribution in [0.3, 0.4) is 0 Å². The predicted molar refractivity (Wildman–Crippen MR) is 78.9 cm³/mol. The first-order valence-electron chi connectivity index (χ1n) is 7.15. The van der Waals surface area contributed by atoms with Crippen LogP contribution in [0.2, 0.25) is 0 Å². The fraction of sp³-hybridized carbons (Fsp3) is 0.667. The third kappa shape index (κ3) is 4.65. The summed E-state index contributed by atoms with van der Waals surface area (Å²) in [5.74, 6) is 1.08. The average molecular weight is 249 g/mol. The number of hydrogen-bond donors (Lipinski definition) is 1. The second-order valence-electron chi connectivity index (χ2n) is 4.93. The molecule has 3 heteroatoms. The van der Waals surface area contributed by atoms with Crippen molar-refractivity contribution in [2.24, 2.45) is 5.73 Å². The van der Waals surface area contributed by atoms with Crippen LogP contribution in [0.5, 0.6) is 0 Å². The normalized spacial score (nSPS) is 12.4. The summed E-state index contributed by atoms with van der Waals surface area (Å²) < 4.78 is 0. The summed E-state index contributed by atoms with van der Waals surface area (Å²) in [5.41, 5.74) is 7.10. The standard InChI is InChI=1S/C15H27N3/c1-4-6-10-18(11-7-5-2)15-12-14(13(3)16)8-9-17-15/h8-9,12-13H,4-7,10-11,16H2,1-3H3. The smallest absolute Gasteiger partial charge is 0.128 e. The second-order valence-corrected chi connectivity index (χ2v) is 4.93. The molecule has 3 nitrogen and oxygen atoms in total. The van der Waals surface area contributed by atoms with E-state index in [0.29, 0.717) is 0 Å². The number of hydrogen-bond acceptors (Lipinski definition) is 3. The van der Waals surface area contributed by atoms with Crippen molar-refractivity contribution in [1.82, 2.24) is 4.98 Å². The van der Waals surface area contributed by atoms with Crippen LogP contribution in [0.1, 0.15) is 58.1 Å². The number of rotatable bonds is 8. The summed E-state index contributed by atoms with van der Waals surface area (Å²) in [6.07, 6.45) is 6.74. The van der Waals surface area contributed by atoms with Gasteiger partial charge in [-0.25, -0.2) is 4.98 Å². The molecule has 0 aromatic carbocycles. The average Bonchev–Trinajstić information content (AvgIpc) is 2.39. The zero-order valence-corrected chi connectivity index (χ0v) is 12.0. The van der Waals surface area contributed by atoms with Gasteiger partial charge in [0.05, 0.1) is 0 Å². The monoisotopic (exact) mass is 249 g/mol. The lowest BCUT2D eigenvalue weighted by molar-refractivity contribution is 0.670. The van der Waals surface area contributed by atoms with Crippen LogP contribution in [0.4, 0.5) is 5.82 Å². The number of unbranched alkanes of at least 4 members (excludes halogenated alkanes) is 2. The third-order valence-electron chi connectivity index (χ3n) is 3.18. The van der Waals surface area contributed by atoms with Gasteiger partial charge >= 0.3 is 0 Å². The molecular weight excluding hydrogens is 222 g/mol. The zero-order valence-electron chi connectivity index (χ0n) is 12.0. The van der Waals surface area contributed by atoms with Gasteiger partial charge in [0.2, 0.25) is 0 Å². The Balaban J connectivity index is 2.78. The van der Waals surface area contributed by atoms with Crippen molar-refractivity contribution in [2.75, 3.05) is 18.0 Å². The number of aromatic nitrogens is 1. The van der Waals surface area contributed by atoms with Gasteiger partial charge in [0.15, 0.2) is 0 Å². The first-order valence-corrected chi connectivity index (χ1v) is 7.15. The topological polar surface area (TPSA) is 42.1 Å². The van der Waals surface area contributed by atoms with E-state index < -0.39 is 0 Å². The number of pyridine rings is 1. The first kappa shape index (κ1) is 15.0. The summed E-state index contributed by atoms with van der Waals surface area (Å²) in [6, 6.07) is 4.22. The Morgan fingerprint density at radius 1 is 1.22 bits per heavy atom. The lowest BCUT2D eigenvalue weighted by atomic mass is 10.1. The molecule has 0 aliphatic rings. The minimum Gasteiger partial charge on any atom is -0.357 e. The highest BCUT2D eigenvalue weighted by atomic mass is 15.2. The van der Waals surface area contributed by atoms with Crippen molar-refractivity contribution in [3.63, 3.8) is 0 Å². The van der Waals surface area contributed by atoms with Crippen LogP contribution in [0.15, 0.2) is 18.3 Å². The lowest BCUT2D eigenvalue weighted by Crippen LogP contribution is -2.26. The highest BCUT2D eigenvalue weighted by molar-refractivity contribution is 5.41. The molecule has 0 spiro atoms. The molecule has 2 N–H and O–H groups in total. The Morgan fingerprint density at radius 2 is 1.83 bits per heavy atom. The highest BCUT2D eigenvalue weighted by Gasteiger charge is 2.09. The molecule has 0 saturated carbocycles. The van der Waals surface area contributed by atoms with E-state index in [4.69, 9.17) is 5.73 Å². The summed E-state index contributed by atoms with van der Waals surface area (Å²) in [4.78, 5) is 6.89. The van der Waals surface area contributed by atoms with E-state index in [9.17, 15) is 0 Å². The maximum absolute atomic E-state index is 5.94. The largest absolute Gasteiger partial charge is 0.357 e. The van der Waals surface area contributed by atoms with Gasteiger partial charge in [-0.15, -0.1) is 0 Å². The van der Waals surface area contributed by atoms with Gasteiger partial charge in [0.1, 0.15) is 5.82 Å². The quantitative estimate of drug-likeness (QED) is 0.766. The molecule has 0 aliphatic heterocycles. The molecule has 0 saturated heterocycles. The molecule has 1 aromatic rings. The van der Waals surface area contributed by atoms with Crippen molar-refractivity contribution in [2.45, 2.75) is 52.5 Å². The van der Waals surface area contributed by atoms with Gasteiger partial charge in [-0.3, -0.25) is 0 Å². The molecule has 18 heavy (non-hydrogen) atoms. The molecule has 1 unspecified atom stereocenters. The predicted octanol–water partition coefficient (Wildman–Crippen LogP) is 3.51. The van der Waals surface area contributed by atoms with Crippen LogP contribution in [0.25, 0.3) is 0 Å². The third-order valence-corrected chi connectivity index (χ3v) is 3.18. The fourth-order valence-electron chi connectivity index (χ4n) is 1.93. The molecular formula is C15H27N3. The highest BCUT2D eigenvalue weighted by Crippen LogP contribution is 2.17. The molecule has 1 heterocycles. The molecule has 0 amide bonds. The van der Waals surface area contributed by atoms with Crippen LogP contribution in [-0.4, -0.2) is 18.1 Å². The number of nitrogens with two attached hydrogens (primary N) is 1. The van der Waals surface area contributed by atoms with Crippen LogP contribution in [-0.2, 0) is 0 Å². The minimum absolute atomic E-state index is 0.0750. The van der Waals surface area contributed by atoms with Crippen LogP contribution >= 0.6 is 0 Å². The van der Waals surface area contributed by atoms with E-state index >= 15 is 0 Å². The number of nitrogens with zero attached hydrogens (tertiary/aromatic N) is 2. The molecule has 1 atom stereocenters. The van der Waals surface area contributed by atoms with Crippen LogP contribution in [0, 0.1) is 0 Å². The SMILES string of the molecule is CCCCN(CCCC)c1cc(C(C)N)ccn1. The molecule has 102 valence electrons. The van der Waals surface area contributed by atoms with Gasteiger partial charge in [0, 0.05) is 25.3 Å². The molecule has 0 bridgehead atoms. The summed E-state index contributed by atoms with van der Waals surface area (Å²) in [6.45, 7) is 8.65. The van der Waals surface area contributed by atoms with E-state index in [1.165, 1.54) is 25.7 Å². The Hall–Kier alpha value is -1.09. The fourth-order valence-corrected chi connectivity index (χ4v) is 1.93. The van der Waals surface area contributed by atoms with E-state index in [0.717, 1.165) is 24.5 Å². The summed E-state index contributed by atoms with van der Waals surface area (Å²) >= 11 is 0. The Kier molecular flexibility index (Phi) is 6.73. The van der Waals surface area contributed by atoms with Gasteiger partial charge in [-0.2, -0.15) is 0 Å².